The van der Waals surface area contributed by atoms with Gasteiger partial charge in [-0.3, -0.25) is 14.4 Å². The van der Waals surface area contributed by atoms with Gasteiger partial charge in [0.25, 0.3) is 0 Å². The molecule has 0 bridgehead atoms. The molecule has 10 aliphatic carbocycles. The van der Waals surface area contributed by atoms with E-state index in [2.05, 4.69) is 61.6 Å². The van der Waals surface area contributed by atoms with Crippen molar-refractivity contribution >= 4 is 26.1 Å². The van der Waals surface area contributed by atoms with Gasteiger partial charge in [0.1, 0.15) is 5.78 Å². The maximum Gasteiger partial charge on any atom is 1.00 e. The smallest absolute Gasteiger partial charge is 1.00 e. The monoisotopic (exact) mass is 1040 g/mol. The van der Waals surface area contributed by atoms with E-state index < -0.39 is 39.7 Å². The van der Waals surface area contributed by atoms with Crippen LogP contribution >= 0.6 is 0 Å². The van der Waals surface area contributed by atoms with Crippen LogP contribution < -0.4 is 29.6 Å². The quantitative estimate of drug-likeness (QED) is 0.0956. The third kappa shape index (κ3) is 8.10. The summed E-state index contributed by atoms with van der Waals surface area (Å²) >= 11 is 0. The number of carboxylic acids is 2. The molecule has 10 saturated carbocycles. The summed E-state index contributed by atoms with van der Waals surface area (Å²) in [5.41, 5.74) is -0.528. The molecule has 11 nitrogen and oxygen atoms in total. The first-order chi connectivity index (χ1) is 33.7. The number of Topliss-reactive ketones (excluding diaryl/α,β-unsaturated/α-hetero) is 1. The van der Waals surface area contributed by atoms with E-state index in [-0.39, 0.29) is 134 Å². The number of rotatable bonds is 8. The van der Waals surface area contributed by atoms with Crippen LogP contribution in [0.4, 0.5) is 0 Å². The van der Waals surface area contributed by atoms with Gasteiger partial charge in [-0.15, -0.1) is 0 Å². The van der Waals surface area contributed by atoms with Gasteiger partial charge < -0.3 is 42.3 Å². The second-order valence-corrected chi connectivity index (χ2v) is 28.5. The minimum absolute atomic E-state index is 0. The topological polar surface area (TPSA) is 213 Å². The standard InChI is InChI=1S/C30H48O5.C30H46O5.CH4O.B.Na.H/c2*1-18(16-31)19-8-13-30(25(34)35)15-14-28(4)20(24(19)30)6-7-22-26(2)11-10-23(33)27(3,17-32)21(26)9-12-29(22,28)5;1-2;;;/h19-24,31-33H,1,6-17H2,2-5H3,(H,34,35);19-22,24,31-32H,1,6-17H2,2-5H3,(H,34,35);2H,1H3;;;/q;;;;+1;-1/t19-,20+,21+,22+,23-,24+,26-,27-,28+,29+,30-;19-,20+,21+,22+,24+,26-,27-,28+,29+,30-;;;;/m00..../s1. The fourth-order valence-corrected chi connectivity index (χ4v) is 22.9. The van der Waals surface area contributed by atoms with Crippen molar-refractivity contribution < 1.29 is 86.2 Å². The van der Waals surface area contributed by atoms with Crippen molar-refractivity contribution in [2.45, 2.75) is 190 Å². The number of carboxylic acid groups (broad SMARTS) is 2. The van der Waals surface area contributed by atoms with Crippen LogP contribution in [0.2, 0.25) is 0 Å². The van der Waals surface area contributed by atoms with Gasteiger partial charge in [0.15, 0.2) is 0 Å². The molecule has 0 aromatic heterocycles. The molecule has 413 valence electrons. The number of fused-ring (bicyclic) bond motifs is 14. The minimum atomic E-state index is -0.691. The van der Waals surface area contributed by atoms with Gasteiger partial charge in [0.05, 0.1) is 48.8 Å². The Balaban J connectivity index is 0.000000259. The van der Waals surface area contributed by atoms with E-state index in [4.69, 9.17) is 5.11 Å². The van der Waals surface area contributed by atoms with Crippen molar-refractivity contribution in [3.05, 3.63) is 24.3 Å². The largest absolute Gasteiger partial charge is 1.00 e. The number of carbonyl (C=O) groups excluding carboxylic acids is 1. The van der Waals surface area contributed by atoms with Crippen LogP contribution in [0.15, 0.2) is 24.3 Å². The first-order valence-corrected chi connectivity index (χ1v) is 28.6. The number of aliphatic hydroxyl groups excluding tert-OH is 6. The predicted molar refractivity (Wildman–Crippen MR) is 285 cm³/mol. The molecule has 0 amide bonds. The first kappa shape index (κ1) is 62.1. The van der Waals surface area contributed by atoms with Crippen molar-refractivity contribution in [3.63, 3.8) is 0 Å². The summed E-state index contributed by atoms with van der Waals surface area (Å²) in [5.74, 6) is 1.31. The van der Waals surface area contributed by atoms with Crippen LogP contribution in [0, 0.1) is 113 Å². The molecule has 0 saturated heterocycles. The van der Waals surface area contributed by atoms with Gasteiger partial charge in [-0.1, -0.05) is 68.5 Å². The summed E-state index contributed by atoms with van der Waals surface area (Å²) in [7, 11) is 1.00. The van der Waals surface area contributed by atoms with E-state index >= 15 is 0 Å². The third-order valence-electron chi connectivity index (χ3n) is 27.2. The van der Waals surface area contributed by atoms with Gasteiger partial charge in [0.2, 0.25) is 0 Å². The summed E-state index contributed by atoms with van der Waals surface area (Å²) in [6.45, 7) is 27.1. The second kappa shape index (κ2) is 21.1. The van der Waals surface area contributed by atoms with Crippen molar-refractivity contribution in [3.8, 4) is 0 Å². The Morgan fingerprint density at radius 1 is 0.527 bits per heavy atom. The Labute approximate surface area is 470 Å². The molecule has 10 aliphatic rings. The van der Waals surface area contributed by atoms with Gasteiger partial charge in [0, 0.05) is 27.4 Å². The van der Waals surface area contributed by atoms with Crippen LogP contribution in [0.5, 0.6) is 0 Å². The van der Waals surface area contributed by atoms with Crippen LogP contribution in [-0.2, 0) is 14.4 Å². The second-order valence-electron chi connectivity index (χ2n) is 28.5. The Bertz CT molecular complexity index is 2160. The Morgan fingerprint density at radius 3 is 1.34 bits per heavy atom. The summed E-state index contributed by atoms with van der Waals surface area (Å²) in [6, 6.07) is 0. The molecule has 10 rings (SSSR count). The normalized spacial score (nSPS) is 51.4. The van der Waals surface area contributed by atoms with Gasteiger partial charge >= 0.3 is 41.5 Å². The number of hydrogen-bond donors (Lipinski definition) is 8. The van der Waals surface area contributed by atoms with E-state index in [9.17, 15) is 50.1 Å². The molecule has 21 atom stereocenters. The minimum Gasteiger partial charge on any atom is -1.00 e. The summed E-state index contributed by atoms with van der Waals surface area (Å²) < 4.78 is 0. The van der Waals surface area contributed by atoms with Crippen LogP contribution in [0.25, 0.3) is 0 Å². The van der Waals surface area contributed by atoms with E-state index in [0.717, 1.165) is 121 Å². The molecule has 0 unspecified atom stereocenters. The average molecular weight is 1040 g/mol. The summed E-state index contributed by atoms with van der Waals surface area (Å²) in [6.07, 6.45) is 17.4. The maximum atomic E-state index is 13.0. The summed E-state index contributed by atoms with van der Waals surface area (Å²) in [5, 5.41) is 79.6. The molecule has 13 heteroatoms. The molecule has 0 aromatic rings. The molecular weight excluding hydrogens is 942 g/mol. The molecule has 74 heavy (non-hydrogen) atoms. The molecule has 3 radical (unpaired) electrons. The molecular formula is C61H99BNaO11. The van der Waals surface area contributed by atoms with Gasteiger partial charge in [-0.2, -0.15) is 0 Å². The Hall–Kier alpha value is -1.09. The van der Waals surface area contributed by atoms with Gasteiger partial charge in [-0.05, 0) is 225 Å². The average Bonchev–Trinajstić information content (AvgIpc) is 3.96. The fraction of sp³-hybridized carbons (Fsp3) is 0.885. The van der Waals surface area contributed by atoms with E-state index in [1.165, 1.54) is 0 Å². The number of hydrogen-bond acceptors (Lipinski definition) is 9. The Kier molecular flexibility index (Phi) is 17.7. The Morgan fingerprint density at radius 2 is 0.946 bits per heavy atom. The van der Waals surface area contributed by atoms with Crippen LogP contribution in [0.1, 0.15) is 185 Å². The molecule has 0 spiro atoms. The SMILES string of the molecule is C=C(CO)[C@@H]1CC[C@]2(C(=O)O)CC[C@]3(C)[C@H](CC[C@@H]4[C@@]5(C)CCC(=O)[C@@](C)(CO)[C@@H]5CC[C@]43C)[C@@H]12.C=C(CO)[C@@H]1CC[C@]2(C(=O)O)CC[C@]3(C)[C@H](CC[C@@H]4[C@@]5(C)CC[C@H](O)[C@@](C)(CO)[C@@H]5CC[C@]43C)[C@@H]12.CO.[B].[H-].[Na+]. The third-order valence-corrected chi connectivity index (χ3v) is 27.2. The molecule has 0 heterocycles. The van der Waals surface area contributed by atoms with E-state index in [1.54, 1.807) is 0 Å². The molecule has 0 aliphatic heterocycles. The molecule has 8 N–H and O–H groups in total. The van der Waals surface area contributed by atoms with Crippen molar-refractivity contribution in [2.75, 3.05) is 33.5 Å². The fourth-order valence-electron chi connectivity index (χ4n) is 22.9. The van der Waals surface area contributed by atoms with Crippen molar-refractivity contribution in [1.82, 2.24) is 0 Å². The van der Waals surface area contributed by atoms with Gasteiger partial charge in [-0.25, -0.2) is 0 Å². The zero-order valence-corrected chi connectivity index (χ0v) is 49.6. The zero-order chi connectivity index (χ0) is 53.2. The molecule has 0 aromatic carbocycles. The first-order valence-electron chi connectivity index (χ1n) is 28.6. The van der Waals surface area contributed by atoms with Crippen LogP contribution in [0.3, 0.4) is 0 Å². The molecule has 10 fully saturated rings. The van der Waals surface area contributed by atoms with E-state index in [1.807, 2.05) is 6.92 Å². The number of carbonyl (C=O) groups is 3. The number of ketones is 1. The number of aliphatic hydroxyl groups is 6. The maximum absolute atomic E-state index is 13.0. The van der Waals surface area contributed by atoms with Crippen molar-refractivity contribution in [1.29, 1.82) is 0 Å². The number of aliphatic carboxylic acids is 2. The van der Waals surface area contributed by atoms with E-state index in [0.29, 0.717) is 55.3 Å². The summed E-state index contributed by atoms with van der Waals surface area (Å²) in [4.78, 5) is 38.6. The zero-order valence-electron chi connectivity index (χ0n) is 48.6. The van der Waals surface area contributed by atoms with Crippen molar-refractivity contribution in [2.24, 2.45) is 113 Å². The predicted octanol–water partition coefficient (Wildman–Crippen LogP) is 6.62. The van der Waals surface area contributed by atoms with Crippen LogP contribution in [-0.4, -0.2) is 107 Å².